The topological polar surface area (TPSA) is 119 Å². The monoisotopic (exact) mass is 349 g/mol. The number of carbonyl (C=O) groups excluding carboxylic acids is 3. The van der Waals surface area contributed by atoms with E-state index in [-0.39, 0.29) is 18.7 Å². The van der Waals surface area contributed by atoms with Gasteiger partial charge in [0.05, 0.1) is 17.9 Å². The molecule has 0 radical (unpaired) electrons. The van der Waals surface area contributed by atoms with Crippen LogP contribution in [0, 0.1) is 10.1 Å². The van der Waals surface area contributed by atoms with Crippen LogP contribution < -0.4 is 5.32 Å². The molecule has 3 amide bonds. The normalized spacial score (nSPS) is 17.6. The molecule has 0 saturated carbocycles. The Morgan fingerprint density at radius 2 is 1.92 bits per heavy atom. The van der Waals surface area contributed by atoms with E-state index in [1.165, 1.54) is 24.3 Å². The van der Waals surface area contributed by atoms with Crippen LogP contribution in [-0.2, 0) is 20.9 Å². The molecule has 1 saturated heterocycles. The maximum atomic E-state index is 12.3. The van der Waals surface area contributed by atoms with Crippen LogP contribution in [0.1, 0.15) is 32.8 Å². The largest absolute Gasteiger partial charge is 0.444 e. The van der Waals surface area contributed by atoms with Crippen LogP contribution in [0.2, 0.25) is 0 Å². The average Bonchev–Trinajstić information content (AvgIpc) is 2.73. The van der Waals surface area contributed by atoms with Crippen LogP contribution in [0.3, 0.4) is 0 Å². The molecule has 1 aliphatic rings. The van der Waals surface area contributed by atoms with E-state index >= 15 is 0 Å². The molecule has 1 N–H and O–H groups in total. The molecule has 25 heavy (non-hydrogen) atoms. The number of nitrogens with one attached hydrogen (secondary N) is 1. The molecule has 1 aliphatic heterocycles. The number of amides is 3. The van der Waals surface area contributed by atoms with E-state index in [9.17, 15) is 24.5 Å². The van der Waals surface area contributed by atoms with Gasteiger partial charge in [-0.2, -0.15) is 0 Å². The molecule has 1 aromatic rings. The number of carbonyl (C=O) groups is 3. The lowest BCUT2D eigenvalue weighted by Gasteiger charge is -2.21. The average molecular weight is 349 g/mol. The number of nitro benzene ring substituents is 1. The van der Waals surface area contributed by atoms with Crippen molar-refractivity contribution < 1.29 is 24.0 Å². The lowest BCUT2D eigenvalue weighted by atomic mass is 10.2. The second-order valence-electron chi connectivity index (χ2n) is 6.64. The molecule has 0 bridgehead atoms. The molecule has 1 heterocycles. The first-order chi connectivity index (χ1) is 11.6. The molecule has 0 unspecified atom stereocenters. The Morgan fingerprint density at radius 3 is 2.44 bits per heavy atom. The molecular formula is C16H19N3O6. The van der Waals surface area contributed by atoms with E-state index in [1.807, 2.05) is 0 Å². The molecule has 0 aromatic heterocycles. The van der Waals surface area contributed by atoms with Crippen LogP contribution >= 0.6 is 0 Å². The van der Waals surface area contributed by atoms with Gasteiger partial charge < -0.3 is 10.1 Å². The van der Waals surface area contributed by atoms with Gasteiger partial charge in [0.25, 0.3) is 11.6 Å². The summed E-state index contributed by atoms with van der Waals surface area (Å²) in [5.41, 5.74) is -0.216. The summed E-state index contributed by atoms with van der Waals surface area (Å²) >= 11 is 0. The highest BCUT2D eigenvalue weighted by molar-refractivity contribution is 6.06. The first-order valence-corrected chi connectivity index (χ1v) is 7.64. The summed E-state index contributed by atoms with van der Waals surface area (Å²) in [5.74, 6) is -0.960. The van der Waals surface area contributed by atoms with Crippen molar-refractivity contribution in [3.05, 3.63) is 39.9 Å². The van der Waals surface area contributed by atoms with Crippen LogP contribution in [0.25, 0.3) is 0 Å². The fourth-order valence-corrected chi connectivity index (χ4v) is 2.32. The van der Waals surface area contributed by atoms with Crippen LogP contribution in [-0.4, -0.2) is 39.4 Å². The predicted molar refractivity (Wildman–Crippen MR) is 86.4 cm³/mol. The minimum absolute atomic E-state index is 0.0117. The van der Waals surface area contributed by atoms with Gasteiger partial charge in [-0.15, -0.1) is 0 Å². The van der Waals surface area contributed by atoms with E-state index in [1.54, 1.807) is 20.8 Å². The summed E-state index contributed by atoms with van der Waals surface area (Å²) in [5, 5.41) is 13.0. The van der Waals surface area contributed by atoms with Gasteiger partial charge in [0, 0.05) is 12.1 Å². The van der Waals surface area contributed by atoms with Crippen molar-refractivity contribution in [3.8, 4) is 0 Å². The van der Waals surface area contributed by atoms with Gasteiger partial charge in [-0.3, -0.25) is 24.6 Å². The second-order valence-corrected chi connectivity index (χ2v) is 6.64. The Kier molecular flexibility index (Phi) is 5.05. The number of imide groups is 1. The summed E-state index contributed by atoms with van der Waals surface area (Å²) in [6.07, 6.45) is -0.916. The molecule has 134 valence electrons. The molecule has 9 nitrogen and oxygen atoms in total. The summed E-state index contributed by atoms with van der Waals surface area (Å²) in [6, 6.07) is 4.59. The highest BCUT2D eigenvalue weighted by Gasteiger charge is 2.40. The van der Waals surface area contributed by atoms with Crippen molar-refractivity contribution in [1.82, 2.24) is 10.2 Å². The number of hydrogen-bond acceptors (Lipinski definition) is 6. The minimum atomic E-state index is -0.972. The first kappa shape index (κ1) is 18.4. The third-order valence-electron chi connectivity index (χ3n) is 3.42. The number of alkyl carbamates (subject to hydrolysis) is 1. The van der Waals surface area contributed by atoms with Gasteiger partial charge in [-0.1, -0.05) is 12.1 Å². The van der Waals surface area contributed by atoms with Gasteiger partial charge in [0.2, 0.25) is 5.91 Å². The second kappa shape index (κ2) is 6.88. The summed E-state index contributed by atoms with van der Waals surface area (Å²) in [4.78, 5) is 47.2. The van der Waals surface area contributed by atoms with Crippen molar-refractivity contribution in [2.75, 3.05) is 0 Å². The number of likely N-dealkylation sites (tertiary alicyclic amines) is 1. The van der Waals surface area contributed by atoms with Crippen LogP contribution in [0.5, 0.6) is 0 Å². The van der Waals surface area contributed by atoms with E-state index in [0.29, 0.717) is 5.56 Å². The van der Waals surface area contributed by atoms with Crippen molar-refractivity contribution >= 4 is 23.6 Å². The summed E-state index contributed by atoms with van der Waals surface area (Å²) < 4.78 is 5.08. The van der Waals surface area contributed by atoms with E-state index in [0.717, 1.165) is 4.90 Å². The Bertz CT molecular complexity index is 708. The highest BCUT2D eigenvalue weighted by atomic mass is 16.6. The third kappa shape index (κ3) is 4.75. The van der Waals surface area contributed by atoms with Crippen LogP contribution in [0.4, 0.5) is 10.5 Å². The minimum Gasteiger partial charge on any atom is -0.444 e. The van der Waals surface area contributed by atoms with Gasteiger partial charge in [0.1, 0.15) is 11.6 Å². The molecular weight excluding hydrogens is 330 g/mol. The number of non-ortho nitro benzene ring substituents is 1. The molecule has 1 aromatic carbocycles. The molecule has 0 aliphatic carbocycles. The number of nitro groups is 1. The van der Waals surface area contributed by atoms with Gasteiger partial charge >= 0.3 is 6.09 Å². The lowest BCUT2D eigenvalue weighted by Crippen LogP contribution is -2.43. The first-order valence-electron chi connectivity index (χ1n) is 7.64. The van der Waals surface area contributed by atoms with E-state index in [4.69, 9.17) is 4.74 Å². The van der Waals surface area contributed by atoms with Crippen LogP contribution in [0.15, 0.2) is 24.3 Å². The van der Waals surface area contributed by atoms with Crippen molar-refractivity contribution in [3.63, 3.8) is 0 Å². The zero-order valence-electron chi connectivity index (χ0n) is 14.1. The van der Waals surface area contributed by atoms with Gasteiger partial charge in [-0.05, 0) is 26.3 Å². The number of benzene rings is 1. The Hall–Kier alpha value is -2.97. The summed E-state index contributed by atoms with van der Waals surface area (Å²) in [7, 11) is 0. The molecule has 2 rings (SSSR count). The highest BCUT2D eigenvalue weighted by Crippen LogP contribution is 2.19. The number of rotatable bonds is 4. The van der Waals surface area contributed by atoms with Crippen molar-refractivity contribution in [1.29, 1.82) is 0 Å². The molecule has 1 atom stereocenters. The Balaban J connectivity index is 2.01. The van der Waals surface area contributed by atoms with E-state index < -0.39 is 34.5 Å². The number of hydrogen-bond donors (Lipinski definition) is 1. The van der Waals surface area contributed by atoms with Gasteiger partial charge in [-0.25, -0.2) is 4.79 Å². The molecule has 9 heteroatoms. The predicted octanol–water partition coefficient (Wildman–Crippen LogP) is 1.75. The fourth-order valence-electron chi connectivity index (χ4n) is 2.32. The van der Waals surface area contributed by atoms with Gasteiger partial charge in [0.15, 0.2) is 0 Å². The Morgan fingerprint density at radius 1 is 1.32 bits per heavy atom. The van der Waals surface area contributed by atoms with Crippen molar-refractivity contribution in [2.24, 2.45) is 0 Å². The number of nitrogens with zero attached hydrogens (tertiary/aromatic N) is 2. The molecule has 1 fully saturated rings. The zero-order chi connectivity index (χ0) is 18.8. The maximum Gasteiger partial charge on any atom is 0.408 e. The SMILES string of the molecule is CC(C)(C)OC(=O)N[C@H]1CC(=O)N(Cc2ccc([N+](=O)[O-])cc2)C1=O. The zero-order valence-corrected chi connectivity index (χ0v) is 14.1. The van der Waals surface area contributed by atoms with E-state index in [2.05, 4.69) is 5.32 Å². The van der Waals surface area contributed by atoms with Crippen molar-refractivity contribution in [2.45, 2.75) is 45.4 Å². The molecule has 0 spiro atoms. The quantitative estimate of drug-likeness (QED) is 0.502. The Labute approximate surface area is 144 Å². The number of ether oxygens (including phenoxy) is 1. The fraction of sp³-hybridized carbons (Fsp3) is 0.438. The lowest BCUT2D eigenvalue weighted by molar-refractivity contribution is -0.384. The summed E-state index contributed by atoms with van der Waals surface area (Å²) in [6.45, 7) is 5.06. The third-order valence-corrected chi connectivity index (χ3v) is 3.42. The smallest absolute Gasteiger partial charge is 0.408 e. The standard InChI is InChI=1S/C16H19N3O6/c1-16(2,3)25-15(22)17-12-8-13(20)18(14(12)21)9-10-4-6-11(7-5-10)19(23)24/h4-7,12H,8-9H2,1-3H3,(H,17,22)/t12-/m0/s1. The maximum absolute atomic E-state index is 12.3.